The molecule has 1 aromatic rings. The van der Waals surface area contributed by atoms with Crippen molar-refractivity contribution < 1.29 is 37.0 Å². The number of hydrogen-bond donors (Lipinski definition) is 0. The van der Waals surface area contributed by atoms with Gasteiger partial charge in [0.25, 0.3) is 5.78 Å². The van der Waals surface area contributed by atoms with Crippen molar-refractivity contribution >= 4 is 11.8 Å². The SMILES string of the molecule is CCOC(=O)C(=O)c1cc(OC)cc(OC(F)(F)F)c1. The van der Waals surface area contributed by atoms with Gasteiger partial charge in [-0.3, -0.25) is 4.79 Å². The number of benzene rings is 1. The molecule has 0 aliphatic heterocycles. The van der Waals surface area contributed by atoms with Crippen LogP contribution in [-0.4, -0.2) is 31.8 Å². The maximum absolute atomic E-state index is 12.1. The Bertz CT molecular complexity index is 510. The normalized spacial score (nSPS) is 10.8. The standard InChI is InChI=1S/C12H11F3O5/c1-3-19-11(17)10(16)7-4-8(18-2)6-9(5-7)20-12(13,14)15/h4-6H,3H2,1-2H3. The van der Waals surface area contributed by atoms with E-state index in [4.69, 9.17) is 4.74 Å². The first-order valence-electron chi connectivity index (χ1n) is 5.43. The summed E-state index contributed by atoms with van der Waals surface area (Å²) in [6, 6.07) is 2.84. The third-order valence-electron chi connectivity index (χ3n) is 2.07. The average molecular weight is 292 g/mol. The molecule has 20 heavy (non-hydrogen) atoms. The van der Waals surface area contributed by atoms with Crippen molar-refractivity contribution in [2.45, 2.75) is 13.3 Å². The molecule has 0 bridgehead atoms. The summed E-state index contributed by atoms with van der Waals surface area (Å²) in [5.74, 6) is -2.97. The summed E-state index contributed by atoms with van der Waals surface area (Å²) in [6.45, 7) is 1.47. The van der Waals surface area contributed by atoms with Gasteiger partial charge in [-0.05, 0) is 19.1 Å². The van der Waals surface area contributed by atoms with Crippen LogP contribution in [-0.2, 0) is 9.53 Å². The Balaban J connectivity index is 3.10. The summed E-state index contributed by atoms with van der Waals surface area (Å²) in [4.78, 5) is 22.9. The lowest BCUT2D eigenvalue weighted by molar-refractivity contribution is -0.274. The number of alkyl halides is 3. The Morgan fingerprint density at radius 2 is 1.75 bits per heavy atom. The number of rotatable bonds is 5. The molecular formula is C12H11F3O5. The minimum atomic E-state index is -4.92. The number of halogens is 3. The van der Waals surface area contributed by atoms with Gasteiger partial charge in [0.1, 0.15) is 11.5 Å². The van der Waals surface area contributed by atoms with Crippen LogP contribution < -0.4 is 9.47 Å². The highest BCUT2D eigenvalue weighted by Crippen LogP contribution is 2.28. The van der Waals surface area contributed by atoms with E-state index >= 15 is 0 Å². The van der Waals surface area contributed by atoms with E-state index in [2.05, 4.69) is 9.47 Å². The lowest BCUT2D eigenvalue weighted by Crippen LogP contribution is -2.19. The van der Waals surface area contributed by atoms with Gasteiger partial charge in [-0.25, -0.2) is 4.79 Å². The predicted octanol–water partition coefficient (Wildman–Crippen LogP) is 2.34. The predicted molar refractivity (Wildman–Crippen MR) is 60.6 cm³/mol. The lowest BCUT2D eigenvalue weighted by atomic mass is 10.1. The van der Waals surface area contributed by atoms with Crippen molar-refractivity contribution in [1.82, 2.24) is 0 Å². The van der Waals surface area contributed by atoms with Crippen LogP contribution in [0.15, 0.2) is 18.2 Å². The number of methoxy groups -OCH3 is 1. The van der Waals surface area contributed by atoms with Crippen LogP contribution in [0.4, 0.5) is 13.2 Å². The second-order valence-corrected chi connectivity index (χ2v) is 3.49. The van der Waals surface area contributed by atoms with Crippen LogP contribution in [0.25, 0.3) is 0 Å². The van der Waals surface area contributed by atoms with Crippen molar-refractivity contribution in [3.8, 4) is 11.5 Å². The summed E-state index contributed by atoms with van der Waals surface area (Å²) in [5, 5.41) is 0. The fourth-order valence-electron chi connectivity index (χ4n) is 1.33. The molecule has 0 saturated carbocycles. The van der Waals surface area contributed by atoms with Crippen molar-refractivity contribution in [3.05, 3.63) is 23.8 Å². The Kier molecular flexibility index (Phi) is 4.95. The summed E-state index contributed by atoms with van der Waals surface area (Å²) >= 11 is 0. The molecule has 110 valence electrons. The molecule has 1 aromatic carbocycles. The van der Waals surface area contributed by atoms with Gasteiger partial charge in [0.05, 0.1) is 13.7 Å². The number of Topliss-reactive ketones (excluding diaryl/α,β-unsaturated/α-hetero) is 1. The molecule has 0 aliphatic rings. The highest BCUT2D eigenvalue weighted by Gasteiger charge is 2.32. The molecule has 0 amide bonds. The third-order valence-corrected chi connectivity index (χ3v) is 2.07. The molecule has 0 aliphatic carbocycles. The zero-order chi connectivity index (χ0) is 15.3. The zero-order valence-corrected chi connectivity index (χ0v) is 10.6. The zero-order valence-electron chi connectivity index (χ0n) is 10.6. The van der Waals surface area contributed by atoms with Crippen LogP contribution in [0, 0.1) is 0 Å². The first kappa shape index (κ1) is 15.8. The van der Waals surface area contributed by atoms with E-state index in [9.17, 15) is 22.8 Å². The Morgan fingerprint density at radius 3 is 2.25 bits per heavy atom. The summed E-state index contributed by atoms with van der Waals surface area (Å²) in [6.07, 6.45) is -4.92. The molecule has 0 heterocycles. The summed E-state index contributed by atoms with van der Waals surface area (Å²) in [7, 11) is 1.20. The van der Waals surface area contributed by atoms with Crippen molar-refractivity contribution in [2.75, 3.05) is 13.7 Å². The molecule has 0 fully saturated rings. The van der Waals surface area contributed by atoms with Gasteiger partial charge < -0.3 is 14.2 Å². The van der Waals surface area contributed by atoms with Crippen LogP contribution >= 0.6 is 0 Å². The monoisotopic (exact) mass is 292 g/mol. The fourth-order valence-corrected chi connectivity index (χ4v) is 1.33. The molecule has 8 heteroatoms. The van der Waals surface area contributed by atoms with E-state index in [1.807, 2.05) is 0 Å². The molecule has 0 atom stereocenters. The Labute approximate surface area is 112 Å². The van der Waals surface area contributed by atoms with Gasteiger partial charge in [-0.1, -0.05) is 0 Å². The number of carbonyl (C=O) groups is 2. The number of esters is 1. The average Bonchev–Trinajstić information content (AvgIpc) is 2.35. The molecule has 0 unspecified atom stereocenters. The minimum absolute atomic E-state index is 0.0273. The summed E-state index contributed by atoms with van der Waals surface area (Å²) in [5.41, 5.74) is -0.318. The highest BCUT2D eigenvalue weighted by molar-refractivity contribution is 6.40. The molecule has 0 saturated heterocycles. The minimum Gasteiger partial charge on any atom is -0.497 e. The Hall–Kier alpha value is -2.25. The molecule has 5 nitrogen and oxygen atoms in total. The Morgan fingerprint density at radius 1 is 1.15 bits per heavy atom. The second-order valence-electron chi connectivity index (χ2n) is 3.49. The van der Waals surface area contributed by atoms with E-state index in [0.717, 1.165) is 18.2 Å². The van der Waals surface area contributed by atoms with Gasteiger partial charge in [0.15, 0.2) is 0 Å². The second kappa shape index (κ2) is 6.27. The molecule has 1 rings (SSSR count). The summed E-state index contributed by atoms with van der Waals surface area (Å²) < 4.78 is 49.4. The number of carbonyl (C=O) groups excluding carboxylic acids is 2. The molecule has 0 radical (unpaired) electrons. The topological polar surface area (TPSA) is 61.8 Å². The molecule has 0 aromatic heterocycles. The fraction of sp³-hybridized carbons (Fsp3) is 0.333. The first-order valence-corrected chi connectivity index (χ1v) is 5.43. The third kappa shape index (κ3) is 4.45. The maximum Gasteiger partial charge on any atom is 0.573 e. The first-order chi connectivity index (χ1) is 9.26. The number of hydrogen-bond acceptors (Lipinski definition) is 5. The van der Waals surface area contributed by atoms with E-state index in [-0.39, 0.29) is 17.9 Å². The van der Waals surface area contributed by atoms with Crippen molar-refractivity contribution in [1.29, 1.82) is 0 Å². The van der Waals surface area contributed by atoms with Crippen molar-refractivity contribution in [2.24, 2.45) is 0 Å². The van der Waals surface area contributed by atoms with Crippen molar-refractivity contribution in [3.63, 3.8) is 0 Å². The molecule has 0 N–H and O–H groups in total. The highest BCUT2D eigenvalue weighted by atomic mass is 19.4. The van der Waals surface area contributed by atoms with Gasteiger partial charge >= 0.3 is 12.3 Å². The van der Waals surface area contributed by atoms with Crippen LogP contribution in [0.1, 0.15) is 17.3 Å². The van der Waals surface area contributed by atoms with E-state index in [1.54, 1.807) is 0 Å². The smallest absolute Gasteiger partial charge is 0.497 e. The van der Waals surface area contributed by atoms with Gasteiger partial charge in [-0.2, -0.15) is 0 Å². The molecular weight excluding hydrogens is 281 g/mol. The van der Waals surface area contributed by atoms with E-state index in [1.165, 1.54) is 14.0 Å². The van der Waals surface area contributed by atoms with Crippen LogP contribution in [0.5, 0.6) is 11.5 Å². The number of ether oxygens (including phenoxy) is 3. The van der Waals surface area contributed by atoms with Gasteiger partial charge in [0, 0.05) is 11.6 Å². The number of ketones is 1. The largest absolute Gasteiger partial charge is 0.573 e. The lowest BCUT2D eigenvalue weighted by Gasteiger charge is -2.11. The van der Waals surface area contributed by atoms with Crippen LogP contribution in [0.3, 0.4) is 0 Å². The quantitative estimate of drug-likeness (QED) is 0.473. The van der Waals surface area contributed by atoms with Gasteiger partial charge in [0.2, 0.25) is 0 Å². The maximum atomic E-state index is 12.1. The van der Waals surface area contributed by atoms with Crippen LogP contribution in [0.2, 0.25) is 0 Å². The van der Waals surface area contributed by atoms with E-state index < -0.39 is 23.9 Å². The van der Waals surface area contributed by atoms with E-state index in [0.29, 0.717) is 0 Å². The molecule has 0 spiro atoms. The van der Waals surface area contributed by atoms with Gasteiger partial charge in [-0.15, -0.1) is 13.2 Å².